The number of hydrogen-bond acceptors (Lipinski definition) is 3. The van der Waals surface area contributed by atoms with Crippen LogP contribution >= 0.6 is 11.6 Å². The highest BCUT2D eigenvalue weighted by atomic mass is 35.5. The summed E-state index contributed by atoms with van der Waals surface area (Å²) in [6.07, 6.45) is 1.82. The summed E-state index contributed by atoms with van der Waals surface area (Å²) in [5.74, 6) is -0.0331. The van der Waals surface area contributed by atoms with Crippen LogP contribution in [0.3, 0.4) is 0 Å². The molecule has 0 N–H and O–H groups in total. The number of hydrogen-bond donors (Lipinski definition) is 0. The van der Waals surface area contributed by atoms with E-state index in [-0.39, 0.29) is 5.78 Å². The summed E-state index contributed by atoms with van der Waals surface area (Å²) in [6.45, 7) is 3.00. The molecule has 20 heavy (non-hydrogen) atoms. The minimum absolute atomic E-state index is 0.0331. The van der Waals surface area contributed by atoms with Gasteiger partial charge in [0.1, 0.15) is 5.69 Å². The van der Waals surface area contributed by atoms with E-state index in [1.807, 2.05) is 31.2 Å². The van der Waals surface area contributed by atoms with Gasteiger partial charge in [0, 0.05) is 13.5 Å². The Morgan fingerprint density at radius 1 is 1.45 bits per heavy atom. The number of Topliss-reactive ketones (excluding diaryl/α,β-unsaturated/α-hetero) is 1. The fourth-order valence-corrected chi connectivity index (χ4v) is 2.32. The minimum atomic E-state index is -0.0331. The molecule has 1 heterocycles. The third-order valence-electron chi connectivity index (χ3n) is 3.01. The van der Waals surface area contributed by atoms with Crippen molar-refractivity contribution in [3.05, 3.63) is 52.3 Å². The molecule has 5 heteroatoms. The molecule has 106 valence electrons. The maximum atomic E-state index is 12.4. The van der Waals surface area contributed by atoms with Gasteiger partial charge in [-0.2, -0.15) is 5.10 Å². The highest BCUT2D eigenvalue weighted by Gasteiger charge is 2.17. The van der Waals surface area contributed by atoms with Gasteiger partial charge in [-0.25, -0.2) is 0 Å². The summed E-state index contributed by atoms with van der Waals surface area (Å²) < 4.78 is 6.61. The molecule has 0 aliphatic carbocycles. The standard InChI is InChI=1S/C15H17ClN2O2/c1-11-4-3-5-12(8-11)9-14(19)15-13(16)10-17-18(15)6-7-20-2/h3-5,8,10H,6-7,9H2,1-2H3. The van der Waals surface area contributed by atoms with Crippen molar-refractivity contribution in [2.24, 2.45) is 0 Å². The molecule has 0 unspecified atom stereocenters. The summed E-state index contributed by atoms with van der Waals surface area (Å²) in [5.41, 5.74) is 2.56. The number of carbonyl (C=O) groups is 1. The molecule has 0 atom stereocenters. The van der Waals surface area contributed by atoms with E-state index in [4.69, 9.17) is 16.3 Å². The van der Waals surface area contributed by atoms with Crippen LogP contribution in [-0.4, -0.2) is 29.3 Å². The van der Waals surface area contributed by atoms with E-state index in [1.165, 1.54) is 6.20 Å². The SMILES string of the molecule is COCCn1ncc(Cl)c1C(=O)Cc1cccc(C)c1. The Labute approximate surface area is 123 Å². The van der Waals surface area contributed by atoms with E-state index >= 15 is 0 Å². The summed E-state index contributed by atoms with van der Waals surface area (Å²) in [4.78, 5) is 12.4. The number of aryl methyl sites for hydroxylation is 1. The average Bonchev–Trinajstić information content (AvgIpc) is 2.77. The molecular formula is C15H17ClN2O2. The second-order valence-corrected chi connectivity index (χ2v) is 5.05. The van der Waals surface area contributed by atoms with Crippen molar-refractivity contribution < 1.29 is 9.53 Å². The van der Waals surface area contributed by atoms with E-state index in [0.717, 1.165) is 11.1 Å². The van der Waals surface area contributed by atoms with Crippen LogP contribution in [0.25, 0.3) is 0 Å². The quantitative estimate of drug-likeness (QED) is 0.769. The van der Waals surface area contributed by atoms with Crippen LogP contribution in [0.2, 0.25) is 5.02 Å². The normalized spacial score (nSPS) is 10.8. The zero-order chi connectivity index (χ0) is 14.5. The highest BCUT2D eigenvalue weighted by Crippen LogP contribution is 2.18. The molecule has 0 aliphatic heterocycles. The Kier molecular flexibility index (Phi) is 4.93. The van der Waals surface area contributed by atoms with E-state index < -0.39 is 0 Å². The topological polar surface area (TPSA) is 44.1 Å². The summed E-state index contributed by atoms with van der Waals surface area (Å²) in [7, 11) is 1.61. The van der Waals surface area contributed by atoms with Gasteiger partial charge in [-0.1, -0.05) is 41.4 Å². The molecule has 0 radical (unpaired) electrons. The number of ketones is 1. The van der Waals surface area contributed by atoms with Gasteiger partial charge in [0.05, 0.1) is 24.4 Å². The molecule has 0 saturated carbocycles. The van der Waals surface area contributed by atoms with Gasteiger partial charge in [0.15, 0.2) is 5.78 Å². The van der Waals surface area contributed by atoms with Crippen LogP contribution < -0.4 is 0 Å². The second-order valence-electron chi connectivity index (χ2n) is 4.65. The van der Waals surface area contributed by atoms with Crippen molar-refractivity contribution in [1.29, 1.82) is 0 Å². The first-order valence-electron chi connectivity index (χ1n) is 6.41. The lowest BCUT2D eigenvalue weighted by Gasteiger charge is -2.07. The number of halogens is 1. The van der Waals surface area contributed by atoms with Crippen molar-refractivity contribution in [2.45, 2.75) is 19.9 Å². The summed E-state index contributed by atoms with van der Waals surface area (Å²) >= 11 is 6.07. The largest absolute Gasteiger partial charge is 0.383 e. The van der Waals surface area contributed by atoms with Crippen LogP contribution in [0, 0.1) is 6.92 Å². The predicted octanol–water partition coefficient (Wildman–Crippen LogP) is 2.92. The van der Waals surface area contributed by atoms with Gasteiger partial charge >= 0.3 is 0 Å². The molecule has 0 saturated heterocycles. The molecular weight excluding hydrogens is 276 g/mol. The fourth-order valence-electron chi connectivity index (χ4n) is 2.08. The number of aromatic nitrogens is 2. The third kappa shape index (κ3) is 3.46. The number of carbonyl (C=O) groups excluding carboxylic acids is 1. The van der Waals surface area contributed by atoms with Crippen LogP contribution in [0.1, 0.15) is 21.6 Å². The van der Waals surface area contributed by atoms with E-state index in [9.17, 15) is 4.79 Å². The summed E-state index contributed by atoms with van der Waals surface area (Å²) in [5, 5.41) is 4.51. The Bertz CT molecular complexity index is 608. The monoisotopic (exact) mass is 292 g/mol. The number of methoxy groups -OCH3 is 1. The zero-order valence-electron chi connectivity index (χ0n) is 11.6. The smallest absolute Gasteiger partial charge is 0.186 e. The molecule has 1 aromatic carbocycles. The Hall–Kier alpha value is -1.65. The van der Waals surface area contributed by atoms with Crippen LogP contribution in [0.15, 0.2) is 30.5 Å². The molecule has 2 aromatic rings. The van der Waals surface area contributed by atoms with Gasteiger partial charge in [-0.05, 0) is 12.5 Å². The van der Waals surface area contributed by atoms with Crippen LogP contribution in [0.5, 0.6) is 0 Å². The Morgan fingerprint density at radius 2 is 2.25 bits per heavy atom. The molecule has 0 fully saturated rings. The van der Waals surface area contributed by atoms with Gasteiger partial charge in [-0.3, -0.25) is 9.48 Å². The van der Waals surface area contributed by atoms with E-state index in [2.05, 4.69) is 5.10 Å². The number of rotatable bonds is 6. The first kappa shape index (κ1) is 14.8. The minimum Gasteiger partial charge on any atom is -0.383 e. The maximum absolute atomic E-state index is 12.4. The molecule has 0 amide bonds. The van der Waals surface area contributed by atoms with Crippen molar-refractivity contribution in [2.75, 3.05) is 13.7 Å². The third-order valence-corrected chi connectivity index (χ3v) is 3.29. The van der Waals surface area contributed by atoms with Crippen LogP contribution in [-0.2, 0) is 17.7 Å². The molecule has 0 bridgehead atoms. The first-order valence-corrected chi connectivity index (χ1v) is 6.78. The summed E-state index contributed by atoms with van der Waals surface area (Å²) in [6, 6.07) is 7.89. The zero-order valence-corrected chi connectivity index (χ0v) is 12.4. The number of benzene rings is 1. The second kappa shape index (κ2) is 6.68. The fraction of sp³-hybridized carbons (Fsp3) is 0.333. The van der Waals surface area contributed by atoms with Crippen molar-refractivity contribution in [3.8, 4) is 0 Å². The van der Waals surface area contributed by atoms with Crippen LogP contribution in [0.4, 0.5) is 0 Å². The molecule has 0 spiro atoms. The number of ether oxygens (including phenoxy) is 1. The van der Waals surface area contributed by atoms with Gasteiger partial charge in [0.2, 0.25) is 0 Å². The lowest BCUT2D eigenvalue weighted by Crippen LogP contribution is -2.15. The first-order chi connectivity index (χ1) is 9.61. The van der Waals surface area contributed by atoms with E-state index in [0.29, 0.717) is 30.3 Å². The molecule has 0 aliphatic rings. The Morgan fingerprint density at radius 3 is 2.95 bits per heavy atom. The highest BCUT2D eigenvalue weighted by molar-refractivity contribution is 6.33. The van der Waals surface area contributed by atoms with Gasteiger partial charge < -0.3 is 4.74 Å². The molecule has 4 nitrogen and oxygen atoms in total. The van der Waals surface area contributed by atoms with Crippen molar-refractivity contribution in [1.82, 2.24) is 9.78 Å². The Balaban J connectivity index is 2.18. The molecule has 1 aromatic heterocycles. The average molecular weight is 293 g/mol. The lowest BCUT2D eigenvalue weighted by atomic mass is 10.0. The van der Waals surface area contributed by atoms with Crippen molar-refractivity contribution >= 4 is 17.4 Å². The maximum Gasteiger partial charge on any atom is 0.186 e. The lowest BCUT2D eigenvalue weighted by molar-refractivity contribution is 0.0979. The molecule has 2 rings (SSSR count). The van der Waals surface area contributed by atoms with Crippen molar-refractivity contribution in [3.63, 3.8) is 0 Å². The van der Waals surface area contributed by atoms with E-state index in [1.54, 1.807) is 11.8 Å². The van der Waals surface area contributed by atoms with Gasteiger partial charge in [0.25, 0.3) is 0 Å². The predicted molar refractivity (Wildman–Crippen MR) is 78.3 cm³/mol. The number of nitrogens with zero attached hydrogens (tertiary/aromatic N) is 2. The van der Waals surface area contributed by atoms with Gasteiger partial charge in [-0.15, -0.1) is 0 Å².